The summed E-state index contributed by atoms with van der Waals surface area (Å²) in [5, 5.41) is 4.74. The first-order valence-corrected chi connectivity index (χ1v) is 13.0. The lowest BCUT2D eigenvalue weighted by Gasteiger charge is -2.52. The molecular weight excluding hydrogens is 512 g/mol. The summed E-state index contributed by atoms with van der Waals surface area (Å²) in [5.74, 6) is -2.77. The number of imide groups is 1. The molecule has 3 amide bonds. The molecule has 3 aliphatic carbocycles. The average molecular weight is 533 g/mol. The highest BCUT2D eigenvalue weighted by molar-refractivity contribution is 6.36. The molecule has 0 saturated carbocycles. The molecule has 0 radical (unpaired) electrons. The van der Waals surface area contributed by atoms with Crippen LogP contribution in [0.2, 0.25) is 5.02 Å². The number of rotatable bonds is 4. The van der Waals surface area contributed by atoms with Crippen molar-refractivity contribution in [1.29, 1.82) is 0 Å². The molecular formula is C31H21ClN4O3. The Balaban J connectivity index is 1.43. The van der Waals surface area contributed by atoms with E-state index < -0.39 is 23.2 Å². The normalized spacial score (nSPS) is 24.4. The van der Waals surface area contributed by atoms with Crippen molar-refractivity contribution in [2.45, 2.75) is 11.3 Å². The summed E-state index contributed by atoms with van der Waals surface area (Å²) in [6.07, 6.45) is 4.67. The Morgan fingerprint density at radius 1 is 0.897 bits per heavy atom. The zero-order valence-corrected chi connectivity index (χ0v) is 21.2. The Morgan fingerprint density at radius 3 is 2.23 bits per heavy atom. The Kier molecular flexibility index (Phi) is 5.25. The van der Waals surface area contributed by atoms with Crippen LogP contribution in [-0.4, -0.2) is 28.9 Å². The van der Waals surface area contributed by atoms with Gasteiger partial charge in [-0.1, -0.05) is 72.3 Å². The van der Waals surface area contributed by atoms with Gasteiger partial charge in [-0.05, 0) is 46.5 Å². The number of aromatic nitrogens is 1. The first-order chi connectivity index (χ1) is 19.0. The minimum Gasteiger partial charge on any atom is -0.274 e. The molecule has 2 heterocycles. The Labute approximate surface area is 229 Å². The fourth-order valence-corrected chi connectivity index (χ4v) is 6.89. The van der Waals surface area contributed by atoms with Crippen molar-refractivity contribution in [2.24, 2.45) is 16.9 Å². The van der Waals surface area contributed by atoms with Gasteiger partial charge in [-0.2, -0.15) is 5.10 Å². The monoisotopic (exact) mass is 532 g/mol. The molecule has 1 fully saturated rings. The summed E-state index contributed by atoms with van der Waals surface area (Å²) >= 11 is 6.49. The number of hydrogen-bond donors (Lipinski definition) is 1. The van der Waals surface area contributed by atoms with Crippen molar-refractivity contribution in [2.75, 3.05) is 4.90 Å². The van der Waals surface area contributed by atoms with E-state index in [0.29, 0.717) is 16.3 Å². The second kappa shape index (κ2) is 8.71. The lowest BCUT2D eigenvalue weighted by molar-refractivity contribution is -0.122. The van der Waals surface area contributed by atoms with Gasteiger partial charge in [-0.25, -0.2) is 10.3 Å². The molecule has 8 heteroatoms. The second-order valence-electron chi connectivity index (χ2n) is 9.93. The SMILES string of the molecule is O=C(N/N=C\C12c3ccccc3C(c3ccccc31)[C@@H]1C(=O)N(c3ccccc3Cl)C(=O)[C@H]12)c1cccnc1. The van der Waals surface area contributed by atoms with Gasteiger partial charge in [0.1, 0.15) is 0 Å². The van der Waals surface area contributed by atoms with E-state index in [1.54, 1.807) is 48.8 Å². The summed E-state index contributed by atoms with van der Waals surface area (Å²) in [6, 6.07) is 25.9. The Morgan fingerprint density at radius 2 is 1.56 bits per heavy atom. The number of para-hydroxylation sites is 1. The van der Waals surface area contributed by atoms with Crippen molar-refractivity contribution in [1.82, 2.24) is 10.4 Å². The van der Waals surface area contributed by atoms with Crippen LogP contribution in [0.15, 0.2) is 102 Å². The third kappa shape index (κ3) is 3.20. The highest BCUT2D eigenvalue weighted by atomic mass is 35.5. The lowest BCUT2D eigenvalue weighted by atomic mass is 9.47. The van der Waals surface area contributed by atoms with Crippen LogP contribution in [0.25, 0.3) is 0 Å². The topological polar surface area (TPSA) is 91.7 Å². The van der Waals surface area contributed by atoms with E-state index in [-0.39, 0.29) is 17.7 Å². The number of amides is 3. The number of pyridine rings is 1. The number of anilines is 1. The highest BCUT2D eigenvalue weighted by Gasteiger charge is 2.68. The number of hydrazone groups is 1. The van der Waals surface area contributed by atoms with Crippen molar-refractivity contribution < 1.29 is 14.4 Å². The quantitative estimate of drug-likeness (QED) is 0.234. The van der Waals surface area contributed by atoms with Crippen LogP contribution in [0, 0.1) is 11.8 Å². The molecule has 1 N–H and O–H groups in total. The minimum atomic E-state index is -1.09. The van der Waals surface area contributed by atoms with E-state index in [0.717, 1.165) is 22.3 Å². The van der Waals surface area contributed by atoms with Crippen LogP contribution >= 0.6 is 11.6 Å². The molecule has 0 spiro atoms. The third-order valence-electron chi connectivity index (χ3n) is 8.14. The molecule has 1 aromatic heterocycles. The summed E-state index contributed by atoms with van der Waals surface area (Å²) in [5.41, 5.74) is 5.99. The van der Waals surface area contributed by atoms with Crippen LogP contribution in [0.1, 0.15) is 38.5 Å². The molecule has 39 heavy (non-hydrogen) atoms. The molecule has 190 valence electrons. The van der Waals surface area contributed by atoms with Gasteiger partial charge in [0.15, 0.2) is 0 Å². The lowest BCUT2D eigenvalue weighted by Crippen LogP contribution is -2.54. The van der Waals surface area contributed by atoms with E-state index in [9.17, 15) is 14.4 Å². The maximum atomic E-state index is 14.3. The van der Waals surface area contributed by atoms with Gasteiger partial charge in [-0.3, -0.25) is 19.4 Å². The van der Waals surface area contributed by atoms with E-state index in [1.807, 2.05) is 48.5 Å². The van der Waals surface area contributed by atoms with Gasteiger partial charge in [0, 0.05) is 24.5 Å². The van der Waals surface area contributed by atoms with Crippen molar-refractivity contribution in [3.63, 3.8) is 0 Å². The van der Waals surface area contributed by atoms with Crippen molar-refractivity contribution in [3.8, 4) is 0 Å². The molecule has 8 rings (SSSR count). The van der Waals surface area contributed by atoms with Crippen LogP contribution in [0.5, 0.6) is 0 Å². The number of carbonyl (C=O) groups excluding carboxylic acids is 3. The van der Waals surface area contributed by atoms with E-state index in [4.69, 9.17) is 11.6 Å². The predicted molar refractivity (Wildman–Crippen MR) is 147 cm³/mol. The number of halogens is 1. The standard InChI is InChI=1S/C31H21ClN4O3/c32-23-13-5-6-14-24(23)36-29(38)26-25-19-9-1-3-11-21(19)31(27(26)30(36)39,22-12-4-2-10-20(22)25)17-34-35-28(37)18-8-7-15-33-16-18/h1-17,25-27H,(H,35,37)/b34-17-/t25?,26-,27-,31?/m0/s1. The zero-order valence-electron chi connectivity index (χ0n) is 20.5. The van der Waals surface area contributed by atoms with Crippen LogP contribution in [0.3, 0.4) is 0 Å². The van der Waals surface area contributed by atoms with E-state index in [1.165, 1.54) is 11.1 Å². The molecule has 1 saturated heterocycles. The summed E-state index contributed by atoms with van der Waals surface area (Å²) < 4.78 is 0. The second-order valence-corrected chi connectivity index (χ2v) is 10.3. The summed E-state index contributed by atoms with van der Waals surface area (Å²) in [4.78, 5) is 46.5. The fourth-order valence-electron chi connectivity index (χ4n) is 6.67. The van der Waals surface area contributed by atoms with Crippen LogP contribution in [0.4, 0.5) is 5.69 Å². The molecule has 4 aliphatic rings. The molecule has 4 aromatic rings. The van der Waals surface area contributed by atoms with E-state index >= 15 is 0 Å². The van der Waals surface area contributed by atoms with Crippen LogP contribution < -0.4 is 10.3 Å². The third-order valence-corrected chi connectivity index (χ3v) is 8.45. The average Bonchev–Trinajstić information content (AvgIpc) is 3.24. The number of nitrogens with one attached hydrogen (secondary N) is 1. The summed E-state index contributed by atoms with van der Waals surface area (Å²) in [7, 11) is 0. The fraction of sp³-hybridized carbons (Fsp3) is 0.129. The smallest absolute Gasteiger partial charge is 0.272 e. The van der Waals surface area contributed by atoms with Gasteiger partial charge in [0.05, 0.1) is 33.5 Å². The Bertz CT molecular complexity index is 1660. The van der Waals surface area contributed by atoms with Gasteiger partial charge >= 0.3 is 0 Å². The van der Waals surface area contributed by atoms with Crippen molar-refractivity contribution >= 4 is 41.2 Å². The molecule has 2 bridgehead atoms. The van der Waals surface area contributed by atoms with Gasteiger partial charge in [0.25, 0.3) is 5.91 Å². The van der Waals surface area contributed by atoms with Gasteiger partial charge in [0.2, 0.25) is 11.8 Å². The van der Waals surface area contributed by atoms with Gasteiger partial charge in [-0.15, -0.1) is 0 Å². The first-order valence-electron chi connectivity index (χ1n) is 12.6. The first kappa shape index (κ1) is 23.5. The van der Waals surface area contributed by atoms with Crippen LogP contribution in [-0.2, 0) is 15.0 Å². The predicted octanol–water partition coefficient (Wildman–Crippen LogP) is 4.70. The molecule has 1 aliphatic heterocycles. The molecule has 2 atom stereocenters. The number of carbonyl (C=O) groups is 3. The molecule has 7 nitrogen and oxygen atoms in total. The highest BCUT2D eigenvalue weighted by Crippen LogP contribution is 2.63. The number of hydrogen-bond acceptors (Lipinski definition) is 5. The Hall–Kier alpha value is -4.62. The zero-order chi connectivity index (χ0) is 26.7. The largest absolute Gasteiger partial charge is 0.274 e. The maximum absolute atomic E-state index is 14.3. The number of benzene rings is 3. The summed E-state index contributed by atoms with van der Waals surface area (Å²) in [6.45, 7) is 0. The molecule has 3 aromatic carbocycles. The maximum Gasteiger partial charge on any atom is 0.272 e. The minimum absolute atomic E-state index is 0.288. The van der Waals surface area contributed by atoms with Gasteiger partial charge < -0.3 is 0 Å². The number of nitrogens with zero attached hydrogens (tertiary/aromatic N) is 3. The molecule has 0 unspecified atom stereocenters. The van der Waals surface area contributed by atoms with E-state index in [2.05, 4.69) is 15.5 Å². The van der Waals surface area contributed by atoms with Crippen molar-refractivity contribution in [3.05, 3.63) is 130 Å².